The molecule has 3 aliphatic heterocycles. The number of aromatic nitrogens is 2. The number of fused-ring (bicyclic) bond motifs is 2. The topological polar surface area (TPSA) is 68.7 Å². The van der Waals surface area contributed by atoms with Crippen LogP contribution in [0.3, 0.4) is 0 Å². The second-order valence-corrected chi connectivity index (χ2v) is 8.58. The van der Waals surface area contributed by atoms with E-state index < -0.39 is 0 Å². The summed E-state index contributed by atoms with van der Waals surface area (Å²) in [7, 11) is 0. The SMILES string of the molecule is Cc1nc(N2CCOCC2)nc(C)c1-c1cccc2c1OC[C@H]2Nc1ccc2c(c1)OC[C]2. The van der Waals surface area contributed by atoms with Gasteiger partial charge in [-0.1, -0.05) is 24.3 Å². The minimum absolute atomic E-state index is 0.0570. The summed E-state index contributed by atoms with van der Waals surface area (Å²) in [4.78, 5) is 11.9. The lowest BCUT2D eigenvalue weighted by atomic mass is 9.97. The molecule has 33 heavy (non-hydrogen) atoms. The zero-order valence-electron chi connectivity index (χ0n) is 18.9. The predicted molar refractivity (Wildman–Crippen MR) is 126 cm³/mol. The number of hydrogen-bond acceptors (Lipinski definition) is 7. The minimum atomic E-state index is 0.0570. The van der Waals surface area contributed by atoms with E-state index in [1.807, 2.05) is 12.1 Å². The second-order valence-electron chi connectivity index (χ2n) is 8.58. The number of para-hydroxylation sites is 1. The Balaban J connectivity index is 1.31. The molecular weight excluding hydrogens is 416 g/mol. The van der Waals surface area contributed by atoms with Crippen LogP contribution in [0.1, 0.15) is 28.6 Å². The van der Waals surface area contributed by atoms with Crippen LogP contribution < -0.4 is 19.7 Å². The van der Waals surface area contributed by atoms with Gasteiger partial charge in [0.15, 0.2) is 0 Å². The van der Waals surface area contributed by atoms with E-state index in [-0.39, 0.29) is 6.04 Å². The Morgan fingerprint density at radius 3 is 2.67 bits per heavy atom. The molecule has 0 saturated carbocycles. The summed E-state index contributed by atoms with van der Waals surface area (Å²) in [5.74, 6) is 2.55. The molecule has 1 fully saturated rings. The number of anilines is 2. The minimum Gasteiger partial charge on any atom is -0.492 e. The zero-order chi connectivity index (χ0) is 22.4. The van der Waals surface area contributed by atoms with Crippen molar-refractivity contribution >= 4 is 11.6 Å². The zero-order valence-corrected chi connectivity index (χ0v) is 18.9. The lowest BCUT2D eigenvalue weighted by Gasteiger charge is -2.27. The molecule has 0 aliphatic carbocycles. The largest absolute Gasteiger partial charge is 0.492 e. The molecule has 1 saturated heterocycles. The van der Waals surface area contributed by atoms with Crippen LogP contribution in [-0.4, -0.2) is 49.5 Å². The summed E-state index contributed by atoms with van der Waals surface area (Å²) in [6.07, 6.45) is 3.20. The quantitative estimate of drug-likeness (QED) is 0.656. The van der Waals surface area contributed by atoms with Gasteiger partial charge in [0, 0.05) is 47.1 Å². The third-order valence-corrected chi connectivity index (χ3v) is 6.45. The molecule has 0 amide bonds. The lowest BCUT2D eigenvalue weighted by Crippen LogP contribution is -2.37. The molecule has 1 aromatic heterocycles. The monoisotopic (exact) mass is 442 g/mol. The number of aryl methyl sites for hydroxylation is 2. The molecule has 3 aromatic rings. The highest BCUT2D eigenvalue weighted by Gasteiger charge is 2.29. The van der Waals surface area contributed by atoms with Gasteiger partial charge in [0.2, 0.25) is 5.95 Å². The molecular formula is C26H26N4O3. The number of rotatable bonds is 4. The highest BCUT2D eigenvalue weighted by atomic mass is 16.5. The van der Waals surface area contributed by atoms with E-state index in [9.17, 15) is 0 Å². The fourth-order valence-electron chi connectivity index (χ4n) is 4.83. The van der Waals surface area contributed by atoms with E-state index in [1.165, 1.54) is 0 Å². The van der Waals surface area contributed by atoms with Gasteiger partial charge >= 0.3 is 0 Å². The first-order valence-corrected chi connectivity index (χ1v) is 11.4. The first-order valence-electron chi connectivity index (χ1n) is 11.4. The number of nitrogens with one attached hydrogen (secondary N) is 1. The van der Waals surface area contributed by atoms with Crippen LogP contribution in [0.2, 0.25) is 0 Å². The second kappa shape index (κ2) is 8.23. The van der Waals surface area contributed by atoms with E-state index in [0.717, 1.165) is 69.9 Å². The molecule has 2 aromatic carbocycles. The van der Waals surface area contributed by atoms with Gasteiger partial charge in [0.1, 0.15) is 24.7 Å². The van der Waals surface area contributed by atoms with Gasteiger partial charge in [-0.2, -0.15) is 0 Å². The van der Waals surface area contributed by atoms with Crippen molar-refractivity contribution in [3.63, 3.8) is 0 Å². The van der Waals surface area contributed by atoms with Crippen molar-refractivity contribution in [1.29, 1.82) is 0 Å². The summed E-state index contributed by atoms with van der Waals surface area (Å²) in [5.41, 5.74) is 7.18. The summed E-state index contributed by atoms with van der Waals surface area (Å²) in [5, 5.41) is 3.60. The molecule has 1 N–H and O–H groups in total. The van der Waals surface area contributed by atoms with Crippen LogP contribution >= 0.6 is 0 Å². The standard InChI is InChI=1S/C26H26N4O3/c1-16-24(17(2)28-26(27-16)30-9-12-31-13-10-30)21-5-3-4-20-22(15-33-25(20)21)29-19-7-6-18-8-11-32-23(18)14-19/h3-7,14,22,29H,9-13,15H2,1-2H3/t22-/m1/s1. The van der Waals surface area contributed by atoms with Gasteiger partial charge in [-0.15, -0.1) is 0 Å². The van der Waals surface area contributed by atoms with Gasteiger partial charge in [0.25, 0.3) is 0 Å². The van der Waals surface area contributed by atoms with Crippen molar-refractivity contribution in [2.45, 2.75) is 19.9 Å². The molecule has 4 heterocycles. The molecule has 1 atom stereocenters. The Bertz CT molecular complexity index is 1180. The summed E-state index contributed by atoms with van der Waals surface area (Å²) < 4.78 is 17.3. The van der Waals surface area contributed by atoms with Crippen LogP contribution in [0.4, 0.5) is 11.6 Å². The predicted octanol–water partition coefficient (Wildman–Crippen LogP) is 3.96. The number of morpholine rings is 1. The summed E-state index contributed by atoms with van der Waals surface area (Å²) in [6, 6.07) is 12.5. The van der Waals surface area contributed by atoms with Crippen LogP contribution in [0.15, 0.2) is 36.4 Å². The molecule has 0 bridgehead atoms. The van der Waals surface area contributed by atoms with E-state index in [1.54, 1.807) is 0 Å². The fourth-order valence-corrected chi connectivity index (χ4v) is 4.83. The van der Waals surface area contributed by atoms with Crippen LogP contribution in [0.5, 0.6) is 11.5 Å². The Hall–Kier alpha value is -3.32. The molecule has 7 nitrogen and oxygen atoms in total. The number of benzene rings is 2. The Kier molecular flexibility index (Phi) is 5.06. The fraction of sp³-hybridized carbons (Fsp3) is 0.346. The summed E-state index contributed by atoms with van der Waals surface area (Å²) in [6.45, 7) is 8.25. The maximum atomic E-state index is 6.23. The highest BCUT2D eigenvalue weighted by Crippen LogP contribution is 2.44. The van der Waals surface area contributed by atoms with Crippen LogP contribution in [0, 0.1) is 20.3 Å². The number of hydrogen-bond donors (Lipinski definition) is 1. The van der Waals surface area contributed by atoms with Crippen molar-refractivity contribution in [3.8, 4) is 22.6 Å². The maximum Gasteiger partial charge on any atom is 0.225 e. The third kappa shape index (κ3) is 3.66. The maximum absolute atomic E-state index is 6.23. The first kappa shape index (κ1) is 20.3. The van der Waals surface area contributed by atoms with Crippen molar-refractivity contribution in [1.82, 2.24) is 9.97 Å². The Morgan fingerprint density at radius 1 is 1.03 bits per heavy atom. The molecule has 7 heteroatoms. The molecule has 0 unspecified atom stereocenters. The smallest absolute Gasteiger partial charge is 0.225 e. The number of ether oxygens (including phenoxy) is 3. The van der Waals surface area contributed by atoms with Gasteiger partial charge in [-0.05, 0) is 19.9 Å². The van der Waals surface area contributed by atoms with Crippen molar-refractivity contribution in [2.24, 2.45) is 0 Å². The van der Waals surface area contributed by atoms with Gasteiger partial charge in [-0.3, -0.25) is 0 Å². The average molecular weight is 443 g/mol. The Morgan fingerprint density at radius 2 is 1.85 bits per heavy atom. The van der Waals surface area contributed by atoms with Gasteiger partial charge < -0.3 is 24.4 Å². The van der Waals surface area contributed by atoms with E-state index in [2.05, 4.69) is 54.8 Å². The van der Waals surface area contributed by atoms with Crippen LogP contribution in [0.25, 0.3) is 11.1 Å². The van der Waals surface area contributed by atoms with Crippen LogP contribution in [-0.2, 0) is 4.74 Å². The van der Waals surface area contributed by atoms with Crippen molar-refractivity contribution < 1.29 is 14.2 Å². The lowest BCUT2D eigenvalue weighted by molar-refractivity contribution is 0.122. The number of nitrogens with zero attached hydrogens (tertiary/aromatic N) is 3. The third-order valence-electron chi connectivity index (χ3n) is 6.45. The van der Waals surface area contributed by atoms with Gasteiger partial charge in [0.05, 0.1) is 37.1 Å². The van der Waals surface area contributed by atoms with Crippen molar-refractivity contribution in [3.05, 3.63) is 65.3 Å². The van der Waals surface area contributed by atoms with E-state index in [4.69, 9.17) is 24.2 Å². The average Bonchev–Trinajstić information content (AvgIpc) is 3.46. The molecule has 3 aliphatic rings. The first-order chi connectivity index (χ1) is 16.2. The molecule has 6 rings (SSSR count). The van der Waals surface area contributed by atoms with Crippen molar-refractivity contribution in [2.75, 3.05) is 49.7 Å². The van der Waals surface area contributed by atoms with E-state index in [0.29, 0.717) is 26.4 Å². The molecule has 0 spiro atoms. The molecule has 168 valence electrons. The molecule has 2 radical (unpaired) electrons. The highest BCUT2D eigenvalue weighted by molar-refractivity contribution is 5.77. The Labute approximate surface area is 193 Å². The summed E-state index contributed by atoms with van der Waals surface area (Å²) >= 11 is 0. The normalized spacial score (nSPS) is 19.0. The van der Waals surface area contributed by atoms with Gasteiger partial charge in [-0.25, -0.2) is 9.97 Å². The van der Waals surface area contributed by atoms with E-state index >= 15 is 0 Å².